The molecule has 1 unspecified atom stereocenters. The average Bonchev–Trinajstić information content (AvgIpc) is 2.45. The van der Waals surface area contributed by atoms with Crippen LogP contribution in [-0.4, -0.2) is 28.0 Å². The van der Waals surface area contributed by atoms with Gasteiger partial charge in [0.25, 0.3) is 5.91 Å². The Morgan fingerprint density at radius 2 is 2.05 bits per heavy atom. The van der Waals surface area contributed by atoms with Gasteiger partial charge in [-0.05, 0) is 37.8 Å². The first-order valence-corrected chi connectivity index (χ1v) is 7.05. The summed E-state index contributed by atoms with van der Waals surface area (Å²) in [6, 6.07) is 2.54. The van der Waals surface area contributed by atoms with E-state index in [1.807, 2.05) is 0 Å². The molecule has 108 valence electrons. The van der Waals surface area contributed by atoms with E-state index in [0.29, 0.717) is 11.3 Å². The quantitative estimate of drug-likeness (QED) is 0.883. The van der Waals surface area contributed by atoms with Gasteiger partial charge < -0.3 is 10.4 Å². The summed E-state index contributed by atoms with van der Waals surface area (Å²) in [5, 5.41) is 12.0. The zero-order chi connectivity index (χ0) is 14.5. The van der Waals surface area contributed by atoms with Gasteiger partial charge >= 0.3 is 5.97 Å². The fourth-order valence-corrected chi connectivity index (χ4v) is 2.79. The third-order valence-electron chi connectivity index (χ3n) is 3.93. The van der Waals surface area contributed by atoms with Crippen molar-refractivity contribution in [3.05, 3.63) is 29.6 Å². The Balaban J connectivity index is 2.10. The van der Waals surface area contributed by atoms with E-state index in [4.69, 9.17) is 0 Å². The molecule has 2 N–H and O–H groups in total. The van der Waals surface area contributed by atoms with E-state index in [-0.39, 0.29) is 11.8 Å². The average molecular weight is 276 g/mol. The van der Waals surface area contributed by atoms with Crippen molar-refractivity contribution in [3.8, 4) is 0 Å². The lowest BCUT2D eigenvalue weighted by atomic mass is 9.84. The maximum atomic E-state index is 12.2. The predicted molar refractivity (Wildman–Crippen MR) is 74.4 cm³/mol. The summed E-state index contributed by atoms with van der Waals surface area (Å²) in [6.45, 7) is 1.74. The minimum atomic E-state index is -0.952. The number of nitrogens with zero attached hydrogens (tertiary/aromatic N) is 1. The van der Waals surface area contributed by atoms with Crippen LogP contribution in [0.4, 0.5) is 0 Å². The van der Waals surface area contributed by atoms with Crippen LogP contribution in [0.5, 0.6) is 0 Å². The number of aryl methyl sites for hydroxylation is 1. The van der Waals surface area contributed by atoms with Crippen molar-refractivity contribution in [2.24, 2.45) is 5.92 Å². The second kappa shape index (κ2) is 6.50. The number of aromatic nitrogens is 1. The summed E-state index contributed by atoms with van der Waals surface area (Å²) < 4.78 is 0. The minimum absolute atomic E-state index is 0.0298. The lowest BCUT2D eigenvalue weighted by Gasteiger charge is -2.28. The second-order valence-corrected chi connectivity index (χ2v) is 5.32. The number of aliphatic carboxylic acids is 1. The topological polar surface area (TPSA) is 79.3 Å². The van der Waals surface area contributed by atoms with E-state index in [0.717, 1.165) is 32.1 Å². The van der Waals surface area contributed by atoms with Crippen molar-refractivity contribution in [2.75, 3.05) is 0 Å². The number of rotatable bonds is 4. The molecule has 0 aliphatic heterocycles. The number of carbonyl (C=O) groups excluding carboxylic acids is 1. The van der Waals surface area contributed by atoms with Crippen molar-refractivity contribution in [1.82, 2.24) is 10.3 Å². The molecule has 1 aromatic rings. The Morgan fingerprint density at radius 1 is 1.35 bits per heavy atom. The molecular weight excluding hydrogens is 256 g/mol. The van der Waals surface area contributed by atoms with Gasteiger partial charge in [0.15, 0.2) is 0 Å². The van der Waals surface area contributed by atoms with Crippen LogP contribution in [0.25, 0.3) is 0 Å². The minimum Gasteiger partial charge on any atom is -0.480 e. The highest BCUT2D eigenvalue weighted by molar-refractivity contribution is 5.97. The third-order valence-corrected chi connectivity index (χ3v) is 3.93. The van der Waals surface area contributed by atoms with Gasteiger partial charge in [0, 0.05) is 11.9 Å². The first kappa shape index (κ1) is 14.5. The summed E-state index contributed by atoms with van der Waals surface area (Å²) in [7, 11) is 0. The summed E-state index contributed by atoms with van der Waals surface area (Å²) in [4.78, 5) is 27.7. The third kappa shape index (κ3) is 3.35. The molecular formula is C15H20N2O3. The Morgan fingerprint density at radius 3 is 2.65 bits per heavy atom. The Hall–Kier alpha value is -1.91. The van der Waals surface area contributed by atoms with Gasteiger partial charge in [-0.1, -0.05) is 19.3 Å². The van der Waals surface area contributed by atoms with Gasteiger partial charge in [-0.25, -0.2) is 4.79 Å². The van der Waals surface area contributed by atoms with Crippen LogP contribution in [0, 0.1) is 12.8 Å². The van der Waals surface area contributed by atoms with Crippen LogP contribution in [-0.2, 0) is 4.79 Å². The standard InChI is InChI=1S/C15H20N2O3/c1-10-12(8-5-9-16-10)14(18)17-13(15(19)20)11-6-3-2-4-7-11/h5,8-9,11,13H,2-4,6-7H2,1H3,(H,17,18)(H,19,20). The molecule has 1 heterocycles. The molecule has 0 saturated heterocycles. The van der Waals surface area contributed by atoms with Gasteiger partial charge in [-0.15, -0.1) is 0 Å². The zero-order valence-corrected chi connectivity index (χ0v) is 11.6. The molecule has 20 heavy (non-hydrogen) atoms. The fraction of sp³-hybridized carbons (Fsp3) is 0.533. The zero-order valence-electron chi connectivity index (χ0n) is 11.6. The van der Waals surface area contributed by atoms with Gasteiger partial charge in [-0.2, -0.15) is 0 Å². The number of carbonyl (C=O) groups is 2. The van der Waals surface area contributed by atoms with Gasteiger partial charge in [0.2, 0.25) is 0 Å². The molecule has 1 saturated carbocycles. The van der Waals surface area contributed by atoms with Crippen molar-refractivity contribution in [2.45, 2.75) is 45.1 Å². The van der Waals surface area contributed by atoms with E-state index in [9.17, 15) is 14.7 Å². The van der Waals surface area contributed by atoms with E-state index in [2.05, 4.69) is 10.3 Å². The Bertz CT molecular complexity index is 496. The van der Waals surface area contributed by atoms with Crippen LogP contribution in [0.1, 0.15) is 48.2 Å². The second-order valence-electron chi connectivity index (χ2n) is 5.32. The monoisotopic (exact) mass is 276 g/mol. The maximum Gasteiger partial charge on any atom is 0.326 e. The summed E-state index contributed by atoms with van der Waals surface area (Å²) in [5.74, 6) is -1.28. The number of hydrogen-bond acceptors (Lipinski definition) is 3. The van der Waals surface area contributed by atoms with Crippen LogP contribution in [0.15, 0.2) is 18.3 Å². The molecule has 1 aliphatic rings. The molecule has 1 amide bonds. The van der Waals surface area contributed by atoms with Crippen molar-refractivity contribution < 1.29 is 14.7 Å². The first-order valence-electron chi connectivity index (χ1n) is 7.05. The molecule has 1 fully saturated rings. The molecule has 0 bridgehead atoms. The van der Waals surface area contributed by atoms with E-state index < -0.39 is 12.0 Å². The number of carboxylic acid groups (broad SMARTS) is 1. The normalized spacial score (nSPS) is 17.4. The van der Waals surface area contributed by atoms with Gasteiger partial charge in [-0.3, -0.25) is 9.78 Å². The highest BCUT2D eigenvalue weighted by Crippen LogP contribution is 2.26. The lowest BCUT2D eigenvalue weighted by molar-refractivity contribution is -0.141. The predicted octanol–water partition coefficient (Wildman–Crippen LogP) is 2.15. The van der Waals surface area contributed by atoms with Crippen LogP contribution in [0.2, 0.25) is 0 Å². The fourth-order valence-electron chi connectivity index (χ4n) is 2.79. The highest BCUT2D eigenvalue weighted by atomic mass is 16.4. The molecule has 5 heteroatoms. The molecule has 0 spiro atoms. The van der Waals surface area contributed by atoms with E-state index >= 15 is 0 Å². The highest BCUT2D eigenvalue weighted by Gasteiger charge is 2.31. The smallest absolute Gasteiger partial charge is 0.326 e. The van der Waals surface area contributed by atoms with Gasteiger partial charge in [0.1, 0.15) is 6.04 Å². The Labute approximate surface area is 118 Å². The van der Waals surface area contributed by atoms with Crippen molar-refractivity contribution in [3.63, 3.8) is 0 Å². The molecule has 0 radical (unpaired) electrons. The summed E-state index contributed by atoms with van der Waals surface area (Å²) in [6.07, 6.45) is 6.57. The molecule has 0 aromatic carbocycles. The number of amides is 1. The van der Waals surface area contributed by atoms with Gasteiger partial charge in [0.05, 0.1) is 5.56 Å². The van der Waals surface area contributed by atoms with Crippen LogP contribution >= 0.6 is 0 Å². The van der Waals surface area contributed by atoms with Crippen LogP contribution < -0.4 is 5.32 Å². The Kier molecular flexibility index (Phi) is 4.71. The van der Waals surface area contributed by atoms with E-state index in [1.165, 1.54) is 0 Å². The number of nitrogens with one attached hydrogen (secondary N) is 1. The SMILES string of the molecule is Cc1ncccc1C(=O)NC(C(=O)O)C1CCCCC1. The molecule has 2 rings (SSSR count). The first-order chi connectivity index (χ1) is 9.59. The largest absolute Gasteiger partial charge is 0.480 e. The summed E-state index contributed by atoms with van der Waals surface area (Å²) in [5.41, 5.74) is 1.05. The van der Waals surface area contributed by atoms with Crippen molar-refractivity contribution >= 4 is 11.9 Å². The molecule has 1 atom stereocenters. The van der Waals surface area contributed by atoms with Crippen molar-refractivity contribution in [1.29, 1.82) is 0 Å². The summed E-state index contributed by atoms with van der Waals surface area (Å²) >= 11 is 0. The maximum absolute atomic E-state index is 12.2. The molecule has 1 aromatic heterocycles. The number of pyridine rings is 1. The molecule has 5 nitrogen and oxygen atoms in total. The van der Waals surface area contributed by atoms with E-state index in [1.54, 1.807) is 25.3 Å². The molecule has 1 aliphatic carbocycles. The number of carboxylic acids is 1. The number of hydrogen-bond donors (Lipinski definition) is 2. The van der Waals surface area contributed by atoms with Crippen LogP contribution in [0.3, 0.4) is 0 Å². The lowest BCUT2D eigenvalue weighted by Crippen LogP contribution is -2.46.